The molecular weight excluding hydrogens is 305 g/mol. The molecule has 0 amide bonds. The van der Waals surface area contributed by atoms with Gasteiger partial charge in [-0.05, 0) is 37.4 Å². The van der Waals surface area contributed by atoms with Gasteiger partial charge in [0.15, 0.2) is 0 Å². The zero-order valence-corrected chi connectivity index (χ0v) is 13.2. The molecule has 1 saturated carbocycles. The highest BCUT2D eigenvalue weighted by Crippen LogP contribution is 2.36. The van der Waals surface area contributed by atoms with Crippen LogP contribution in [0.1, 0.15) is 57.1 Å². The Balaban J connectivity index is 2.15. The second-order valence-corrected chi connectivity index (χ2v) is 6.38. The van der Waals surface area contributed by atoms with Crippen LogP contribution in [0.4, 0.5) is 4.39 Å². The van der Waals surface area contributed by atoms with Gasteiger partial charge in [-0.2, -0.15) is 0 Å². The van der Waals surface area contributed by atoms with Crippen LogP contribution in [-0.2, 0) is 0 Å². The Hall–Kier alpha value is -0.410. The molecule has 106 valence electrons. The van der Waals surface area contributed by atoms with Crippen LogP contribution in [0.2, 0.25) is 0 Å². The number of rotatable bonds is 6. The van der Waals surface area contributed by atoms with Crippen molar-refractivity contribution in [3.63, 3.8) is 0 Å². The predicted molar refractivity (Wildman–Crippen MR) is 81.7 cm³/mol. The van der Waals surface area contributed by atoms with Gasteiger partial charge in [0.2, 0.25) is 0 Å². The lowest BCUT2D eigenvalue weighted by Crippen LogP contribution is -2.25. The molecule has 1 aliphatic rings. The third-order valence-corrected chi connectivity index (χ3v) is 4.72. The van der Waals surface area contributed by atoms with Gasteiger partial charge >= 0.3 is 0 Å². The molecule has 1 atom stereocenters. The van der Waals surface area contributed by atoms with Gasteiger partial charge in [0.1, 0.15) is 5.82 Å². The van der Waals surface area contributed by atoms with Gasteiger partial charge in [0.25, 0.3) is 0 Å². The summed E-state index contributed by atoms with van der Waals surface area (Å²) >= 11 is 3.51. The van der Waals surface area contributed by atoms with Crippen LogP contribution in [0.25, 0.3) is 0 Å². The number of nitrogens with one attached hydrogen (secondary N) is 1. The van der Waals surface area contributed by atoms with E-state index in [9.17, 15) is 4.39 Å². The summed E-state index contributed by atoms with van der Waals surface area (Å²) < 4.78 is 15.0. The molecule has 2 rings (SSSR count). The molecule has 0 radical (unpaired) electrons. The Kier molecular flexibility index (Phi) is 5.83. The van der Waals surface area contributed by atoms with Crippen LogP contribution < -0.4 is 5.32 Å². The maximum absolute atomic E-state index is 14.1. The minimum absolute atomic E-state index is 0.0963. The first kappa shape index (κ1) is 15.0. The zero-order valence-electron chi connectivity index (χ0n) is 11.6. The maximum atomic E-state index is 14.1. The first-order chi connectivity index (χ1) is 9.22. The van der Waals surface area contributed by atoms with Crippen molar-refractivity contribution in [1.29, 1.82) is 0 Å². The Morgan fingerprint density at radius 1 is 1.37 bits per heavy atom. The average molecular weight is 328 g/mol. The van der Waals surface area contributed by atoms with Gasteiger partial charge < -0.3 is 5.32 Å². The lowest BCUT2D eigenvalue weighted by atomic mass is 9.93. The molecule has 1 nitrogen and oxygen atoms in total. The number of benzene rings is 1. The van der Waals surface area contributed by atoms with Crippen molar-refractivity contribution in [3.05, 3.63) is 34.1 Å². The molecule has 1 aromatic carbocycles. The third kappa shape index (κ3) is 4.03. The topological polar surface area (TPSA) is 12.0 Å². The minimum atomic E-state index is -0.0963. The summed E-state index contributed by atoms with van der Waals surface area (Å²) in [4.78, 5) is 0. The van der Waals surface area contributed by atoms with Crippen molar-refractivity contribution in [3.8, 4) is 0 Å². The van der Waals surface area contributed by atoms with Crippen LogP contribution in [0.15, 0.2) is 22.7 Å². The fraction of sp³-hybridized carbons (Fsp3) is 0.625. The van der Waals surface area contributed by atoms with Crippen LogP contribution in [0, 0.1) is 11.7 Å². The molecular formula is C16H23BrFN. The molecule has 3 heteroatoms. The fourth-order valence-corrected chi connectivity index (χ4v) is 3.66. The highest BCUT2D eigenvalue weighted by Gasteiger charge is 2.24. The second-order valence-electron chi connectivity index (χ2n) is 5.53. The molecule has 0 spiro atoms. The van der Waals surface area contributed by atoms with Gasteiger partial charge in [0.05, 0.1) is 0 Å². The van der Waals surface area contributed by atoms with Gasteiger partial charge in [0, 0.05) is 16.1 Å². The van der Waals surface area contributed by atoms with Crippen molar-refractivity contribution in [2.75, 3.05) is 6.54 Å². The molecule has 0 heterocycles. The van der Waals surface area contributed by atoms with Crippen LogP contribution >= 0.6 is 15.9 Å². The highest BCUT2D eigenvalue weighted by molar-refractivity contribution is 9.10. The van der Waals surface area contributed by atoms with E-state index in [0.717, 1.165) is 35.3 Å². The molecule has 1 N–H and O–H groups in total. The first-order valence-electron chi connectivity index (χ1n) is 7.39. The molecule has 0 bridgehead atoms. The molecule has 1 aliphatic carbocycles. The molecule has 0 aromatic heterocycles. The van der Waals surface area contributed by atoms with Gasteiger partial charge in [-0.1, -0.05) is 54.6 Å². The lowest BCUT2D eigenvalue weighted by molar-refractivity contribution is 0.384. The number of hydrogen-bond donors (Lipinski definition) is 1. The SMILES string of the molecule is CCCNC(CC1CCCC1)c1c(F)cccc1Br. The monoisotopic (exact) mass is 327 g/mol. The average Bonchev–Trinajstić information content (AvgIpc) is 2.88. The Morgan fingerprint density at radius 3 is 2.74 bits per heavy atom. The highest BCUT2D eigenvalue weighted by atomic mass is 79.9. The van der Waals surface area contributed by atoms with Crippen LogP contribution in [0.5, 0.6) is 0 Å². The Morgan fingerprint density at radius 2 is 2.11 bits per heavy atom. The summed E-state index contributed by atoms with van der Waals surface area (Å²) in [7, 11) is 0. The van der Waals surface area contributed by atoms with E-state index in [-0.39, 0.29) is 11.9 Å². The standard InChI is InChI=1S/C16H23BrFN/c1-2-10-19-15(11-12-6-3-4-7-12)16-13(17)8-5-9-14(16)18/h5,8-9,12,15,19H,2-4,6-7,10-11H2,1H3. The molecule has 1 fully saturated rings. The normalized spacial score (nSPS) is 17.8. The van der Waals surface area contributed by atoms with E-state index in [1.807, 2.05) is 6.07 Å². The van der Waals surface area contributed by atoms with E-state index in [1.54, 1.807) is 12.1 Å². The predicted octanol–water partition coefficient (Wildman–Crippen LogP) is 5.21. The van der Waals surface area contributed by atoms with E-state index in [1.165, 1.54) is 25.7 Å². The van der Waals surface area contributed by atoms with Crippen molar-refractivity contribution in [1.82, 2.24) is 5.32 Å². The zero-order chi connectivity index (χ0) is 13.7. The molecule has 19 heavy (non-hydrogen) atoms. The summed E-state index contributed by atoms with van der Waals surface area (Å²) in [5.41, 5.74) is 0.808. The molecule has 1 aromatic rings. The van der Waals surface area contributed by atoms with Crippen LogP contribution in [0.3, 0.4) is 0 Å². The van der Waals surface area contributed by atoms with E-state index in [2.05, 4.69) is 28.2 Å². The minimum Gasteiger partial charge on any atom is -0.310 e. The number of hydrogen-bond acceptors (Lipinski definition) is 1. The lowest BCUT2D eigenvalue weighted by Gasteiger charge is -2.24. The van der Waals surface area contributed by atoms with E-state index in [4.69, 9.17) is 0 Å². The first-order valence-corrected chi connectivity index (χ1v) is 8.19. The van der Waals surface area contributed by atoms with E-state index < -0.39 is 0 Å². The summed E-state index contributed by atoms with van der Waals surface area (Å²) in [5, 5.41) is 3.52. The van der Waals surface area contributed by atoms with Crippen molar-refractivity contribution >= 4 is 15.9 Å². The molecule has 0 aliphatic heterocycles. The van der Waals surface area contributed by atoms with Gasteiger partial charge in [-0.15, -0.1) is 0 Å². The quantitative estimate of drug-likeness (QED) is 0.756. The van der Waals surface area contributed by atoms with Crippen molar-refractivity contribution < 1.29 is 4.39 Å². The van der Waals surface area contributed by atoms with Crippen molar-refractivity contribution in [2.45, 2.75) is 51.5 Å². The molecule has 1 unspecified atom stereocenters. The third-order valence-electron chi connectivity index (χ3n) is 4.03. The van der Waals surface area contributed by atoms with Gasteiger partial charge in [-0.3, -0.25) is 0 Å². The van der Waals surface area contributed by atoms with Crippen molar-refractivity contribution in [2.24, 2.45) is 5.92 Å². The fourth-order valence-electron chi connectivity index (χ4n) is 3.04. The Labute approximate surface area is 124 Å². The number of halogens is 2. The van der Waals surface area contributed by atoms with Crippen LogP contribution in [-0.4, -0.2) is 6.54 Å². The Bertz CT molecular complexity index is 381. The van der Waals surface area contributed by atoms with E-state index >= 15 is 0 Å². The summed E-state index contributed by atoms with van der Waals surface area (Å²) in [6, 6.07) is 5.40. The van der Waals surface area contributed by atoms with E-state index in [0.29, 0.717) is 0 Å². The summed E-state index contributed by atoms with van der Waals surface area (Å²) in [6.07, 6.45) is 7.41. The smallest absolute Gasteiger partial charge is 0.129 e. The maximum Gasteiger partial charge on any atom is 0.129 e. The second kappa shape index (κ2) is 7.39. The largest absolute Gasteiger partial charge is 0.310 e. The van der Waals surface area contributed by atoms with Gasteiger partial charge in [-0.25, -0.2) is 4.39 Å². The summed E-state index contributed by atoms with van der Waals surface area (Å²) in [6.45, 7) is 3.09. The molecule has 0 saturated heterocycles. The summed E-state index contributed by atoms with van der Waals surface area (Å²) in [5.74, 6) is 0.654.